The van der Waals surface area contributed by atoms with E-state index in [4.69, 9.17) is 0 Å². The maximum Gasteiger partial charge on any atom is 0.242 e. The van der Waals surface area contributed by atoms with Gasteiger partial charge in [0.15, 0.2) is 0 Å². The minimum atomic E-state index is -0.0685. The number of carbonyl (C=O) groups is 1. The average molecular weight is 278 g/mol. The van der Waals surface area contributed by atoms with E-state index in [-0.39, 0.29) is 17.4 Å². The predicted octanol–water partition coefficient (Wildman–Crippen LogP) is 2.63. The molecule has 0 saturated carbocycles. The third kappa shape index (κ3) is 3.98. The average Bonchev–Trinajstić information content (AvgIpc) is 2.39. The lowest BCUT2D eigenvalue weighted by Gasteiger charge is -2.23. The van der Waals surface area contributed by atoms with Crippen LogP contribution in [0.3, 0.4) is 0 Å². The van der Waals surface area contributed by atoms with Crippen molar-refractivity contribution in [1.29, 1.82) is 0 Å². The molecular formula is C15H22N2OS. The molecule has 2 rings (SSSR count). The van der Waals surface area contributed by atoms with Gasteiger partial charge in [-0.2, -0.15) is 11.8 Å². The summed E-state index contributed by atoms with van der Waals surface area (Å²) >= 11 is 1.82. The number of carbonyl (C=O) groups excluding carboxylic acids is 1. The number of nitrogens with one attached hydrogen (secondary N) is 2. The molecule has 0 aliphatic carbocycles. The van der Waals surface area contributed by atoms with Crippen molar-refractivity contribution in [3.8, 4) is 0 Å². The molecule has 1 aliphatic rings. The Morgan fingerprint density at radius 1 is 1.32 bits per heavy atom. The van der Waals surface area contributed by atoms with Gasteiger partial charge in [0.05, 0.1) is 6.04 Å². The van der Waals surface area contributed by atoms with Crippen LogP contribution in [0.2, 0.25) is 0 Å². The molecule has 4 heteroatoms. The Balaban J connectivity index is 1.97. The monoisotopic (exact) mass is 278 g/mol. The Morgan fingerprint density at radius 2 is 2.00 bits per heavy atom. The maximum atomic E-state index is 12.1. The fourth-order valence-corrected chi connectivity index (χ4v) is 2.95. The van der Waals surface area contributed by atoms with Crippen LogP contribution in [0.4, 0.5) is 5.69 Å². The lowest BCUT2D eigenvalue weighted by molar-refractivity contribution is -0.117. The third-order valence-corrected chi connectivity index (χ3v) is 4.32. The van der Waals surface area contributed by atoms with Crippen molar-refractivity contribution in [2.45, 2.75) is 32.2 Å². The molecule has 1 amide bonds. The van der Waals surface area contributed by atoms with Crippen LogP contribution in [0.15, 0.2) is 24.3 Å². The molecule has 1 fully saturated rings. The van der Waals surface area contributed by atoms with Gasteiger partial charge in [-0.3, -0.25) is 4.79 Å². The van der Waals surface area contributed by atoms with Crippen LogP contribution in [-0.4, -0.2) is 30.0 Å². The van der Waals surface area contributed by atoms with Gasteiger partial charge in [-0.05, 0) is 23.1 Å². The van der Waals surface area contributed by atoms with Crippen molar-refractivity contribution in [1.82, 2.24) is 5.32 Å². The molecule has 3 nitrogen and oxygen atoms in total. The molecular weight excluding hydrogens is 256 g/mol. The molecule has 0 bridgehead atoms. The van der Waals surface area contributed by atoms with Gasteiger partial charge in [-0.15, -0.1) is 0 Å². The van der Waals surface area contributed by atoms with Gasteiger partial charge >= 0.3 is 0 Å². The lowest BCUT2D eigenvalue weighted by Crippen LogP contribution is -2.46. The topological polar surface area (TPSA) is 41.1 Å². The molecule has 1 unspecified atom stereocenters. The summed E-state index contributed by atoms with van der Waals surface area (Å²) in [6.45, 7) is 7.46. The van der Waals surface area contributed by atoms with E-state index in [2.05, 4.69) is 43.5 Å². The molecule has 1 atom stereocenters. The first-order valence-corrected chi connectivity index (χ1v) is 7.85. The van der Waals surface area contributed by atoms with Gasteiger partial charge < -0.3 is 10.6 Å². The van der Waals surface area contributed by atoms with Crippen LogP contribution < -0.4 is 10.6 Å². The second-order valence-electron chi connectivity index (χ2n) is 5.90. The highest BCUT2D eigenvalue weighted by Crippen LogP contribution is 2.23. The van der Waals surface area contributed by atoms with E-state index in [1.54, 1.807) is 0 Å². The number of benzene rings is 1. The molecule has 1 heterocycles. The summed E-state index contributed by atoms with van der Waals surface area (Å²) in [5, 5.41) is 6.22. The highest BCUT2D eigenvalue weighted by molar-refractivity contribution is 7.99. The van der Waals surface area contributed by atoms with Crippen LogP contribution >= 0.6 is 11.8 Å². The number of thioether (sulfide) groups is 1. The Hall–Kier alpha value is -1.00. The van der Waals surface area contributed by atoms with E-state index in [9.17, 15) is 4.79 Å². The summed E-state index contributed by atoms with van der Waals surface area (Å²) < 4.78 is 0. The zero-order valence-electron chi connectivity index (χ0n) is 11.8. The third-order valence-electron chi connectivity index (χ3n) is 3.26. The standard InChI is InChI=1S/C15H22N2OS/c1-15(2,3)11-4-6-12(7-5-11)17-14(18)13-10-19-9-8-16-13/h4-7,13,16H,8-10H2,1-3H3,(H,17,18). The first-order valence-electron chi connectivity index (χ1n) is 6.69. The summed E-state index contributed by atoms with van der Waals surface area (Å²) in [6, 6.07) is 8.06. The minimum absolute atomic E-state index is 0.0655. The van der Waals surface area contributed by atoms with E-state index in [0.29, 0.717) is 0 Å². The Kier molecular flexibility index (Phi) is 4.53. The number of hydrogen-bond donors (Lipinski definition) is 2. The Bertz CT molecular complexity index is 430. The predicted molar refractivity (Wildman–Crippen MR) is 82.9 cm³/mol. The Morgan fingerprint density at radius 3 is 2.53 bits per heavy atom. The molecule has 1 saturated heterocycles. The second kappa shape index (κ2) is 5.97. The number of anilines is 1. The quantitative estimate of drug-likeness (QED) is 0.874. The molecule has 0 aromatic heterocycles. The minimum Gasteiger partial charge on any atom is -0.325 e. The van der Waals surface area contributed by atoms with Crippen LogP contribution in [0.5, 0.6) is 0 Å². The van der Waals surface area contributed by atoms with Gasteiger partial charge in [0.25, 0.3) is 0 Å². The summed E-state index contributed by atoms with van der Waals surface area (Å²) in [5.74, 6) is 2.01. The highest BCUT2D eigenvalue weighted by Gasteiger charge is 2.21. The van der Waals surface area contributed by atoms with Gasteiger partial charge in [0, 0.05) is 23.7 Å². The van der Waals surface area contributed by atoms with Gasteiger partial charge in [0.1, 0.15) is 0 Å². The first kappa shape index (κ1) is 14.4. The van der Waals surface area contributed by atoms with E-state index in [1.165, 1.54) is 5.56 Å². The van der Waals surface area contributed by atoms with Crippen molar-refractivity contribution in [2.24, 2.45) is 0 Å². The zero-order chi connectivity index (χ0) is 13.9. The first-order chi connectivity index (χ1) is 8.97. The summed E-state index contributed by atoms with van der Waals surface area (Å²) in [7, 11) is 0. The smallest absolute Gasteiger partial charge is 0.242 e. The lowest BCUT2D eigenvalue weighted by atomic mass is 9.87. The number of amides is 1. The molecule has 104 valence electrons. The van der Waals surface area contributed by atoms with Crippen LogP contribution in [0.25, 0.3) is 0 Å². The number of hydrogen-bond acceptors (Lipinski definition) is 3. The zero-order valence-corrected chi connectivity index (χ0v) is 12.6. The van der Waals surface area contributed by atoms with Gasteiger partial charge in [0.2, 0.25) is 5.91 Å². The molecule has 1 aromatic carbocycles. The van der Waals surface area contributed by atoms with E-state index >= 15 is 0 Å². The largest absolute Gasteiger partial charge is 0.325 e. The van der Waals surface area contributed by atoms with Crippen LogP contribution in [0.1, 0.15) is 26.3 Å². The fourth-order valence-electron chi connectivity index (χ4n) is 2.02. The Labute approximate surface area is 119 Å². The fraction of sp³-hybridized carbons (Fsp3) is 0.533. The van der Waals surface area contributed by atoms with E-state index in [0.717, 1.165) is 23.7 Å². The summed E-state index contributed by atoms with van der Waals surface area (Å²) in [4.78, 5) is 12.1. The van der Waals surface area contributed by atoms with Crippen molar-refractivity contribution in [3.63, 3.8) is 0 Å². The molecule has 1 aromatic rings. The SMILES string of the molecule is CC(C)(C)c1ccc(NC(=O)C2CSCCN2)cc1. The maximum absolute atomic E-state index is 12.1. The van der Waals surface area contributed by atoms with E-state index in [1.807, 2.05) is 23.9 Å². The highest BCUT2D eigenvalue weighted by atomic mass is 32.2. The van der Waals surface area contributed by atoms with E-state index < -0.39 is 0 Å². The van der Waals surface area contributed by atoms with Gasteiger partial charge in [-0.25, -0.2) is 0 Å². The molecule has 1 aliphatic heterocycles. The normalized spacial score (nSPS) is 20.1. The van der Waals surface area contributed by atoms with Crippen LogP contribution in [0, 0.1) is 0 Å². The summed E-state index contributed by atoms with van der Waals surface area (Å²) in [6.07, 6.45) is 0. The summed E-state index contributed by atoms with van der Waals surface area (Å²) in [5.41, 5.74) is 2.29. The van der Waals surface area contributed by atoms with Crippen molar-refractivity contribution >= 4 is 23.4 Å². The second-order valence-corrected chi connectivity index (χ2v) is 7.05. The van der Waals surface area contributed by atoms with Crippen LogP contribution in [-0.2, 0) is 10.2 Å². The molecule has 0 radical (unpaired) electrons. The molecule has 2 N–H and O–H groups in total. The molecule has 19 heavy (non-hydrogen) atoms. The van der Waals surface area contributed by atoms with Crippen molar-refractivity contribution in [2.75, 3.05) is 23.4 Å². The molecule has 0 spiro atoms. The van der Waals surface area contributed by atoms with Crippen molar-refractivity contribution in [3.05, 3.63) is 29.8 Å². The van der Waals surface area contributed by atoms with Crippen molar-refractivity contribution < 1.29 is 4.79 Å². The van der Waals surface area contributed by atoms with Gasteiger partial charge in [-0.1, -0.05) is 32.9 Å². The number of rotatable bonds is 2.